The summed E-state index contributed by atoms with van der Waals surface area (Å²) in [6.45, 7) is 1.87. The van der Waals surface area contributed by atoms with Gasteiger partial charge in [0.05, 0.1) is 13.2 Å². The monoisotopic (exact) mass is 349 g/mol. The molecule has 3 nitrogen and oxygen atoms in total. The summed E-state index contributed by atoms with van der Waals surface area (Å²) >= 11 is 12.0. The molecule has 2 aromatic carbocycles. The fourth-order valence-electron chi connectivity index (χ4n) is 2.11. The smallest absolute Gasteiger partial charge is 0.244 e. The van der Waals surface area contributed by atoms with Crippen LogP contribution in [0.4, 0.5) is 0 Å². The maximum Gasteiger partial charge on any atom is 0.244 e. The molecule has 0 unspecified atom stereocenters. The molecule has 1 amide bonds. The summed E-state index contributed by atoms with van der Waals surface area (Å²) in [4.78, 5) is 12.0. The molecular weight excluding hydrogens is 333 g/mol. The zero-order valence-corrected chi connectivity index (χ0v) is 14.4. The third-order valence-electron chi connectivity index (χ3n) is 3.31. The zero-order valence-electron chi connectivity index (χ0n) is 12.8. The first-order valence-electron chi connectivity index (χ1n) is 7.07. The number of benzene rings is 2. The zero-order chi connectivity index (χ0) is 16.8. The standard InChI is InChI=1S/C18H17Cl2NO2/c1-12(16-8-7-14(19)11-17(16)20)21-18(22)9-6-13-4-3-5-15(10-13)23-2/h3-12H,1-2H3,(H,21,22)/b9-6+/t12-/m1/s1. The lowest BCUT2D eigenvalue weighted by Gasteiger charge is -2.14. The van der Waals surface area contributed by atoms with Crippen molar-refractivity contribution in [1.82, 2.24) is 5.32 Å². The third kappa shape index (κ3) is 5.02. The van der Waals surface area contributed by atoms with Crippen LogP contribution < -0.4 is 10.1 Å². The SMILES string of the molecule is COc1cccc(/C=C/C(=O)N[C@H](C)c2ccc(Cl)cc2Cl)c1. The van der Waals surface area contributed by atoms with Crippen LogP contribution in [-0.2, 0) is 4.79 Å². The summed E-state index contributed by atoms with van der Waals surface area (Å²) in [6.07, 6.45) is 3.21. The number of carbonyl (C=O) groups is 1. The first-order chi connectivity index (χ1) is 11.0. The van der Waals surface area contributed by atoms with Crippen LogP contribution in [0.25, 0.3) is 6.08 Å². The Hall–Kier alpha value is -1.97. The summed E-state index contributed by atoms with van der Waals surface area (Å²) in [5.41, 5.74) is 1.70. The minimum atomic E-state index is -0.220. The van der Waals surface area contributed by atoms with Crippen LogP contribution in [0.1, 0.15) is 24.1 Å². The van der Waals surface area contributed by atoms with E-state index in [-0.39, 0.29) is 11.9 Å². The van der Waals surface area contributed by atoms with Gasteiger partial charge in [-0.05, 0) is 48.4 Å². The van der Waals surface area contributed by atoms with Crippen LogP contribution in [0, 0.1) is 0 Å². The molecule has 0 aliphatic carbocycles. The molecule has 0 aliphatic rings. The van der Waals surface area contributed by atoms with Crippen LogP contribution >= 0.6 is 23.2 Å². The Kier molecular flexibility index (Phi) is 6.08. The number of rotatable bonds is 5. The number of hydrogen-bond acceptors (Lipinski definition) is 2. The molecule has 0 aromatic heterocycles. The van der Waals surface area contributed by atoms with Crippen molar-refractivity contribution in [2.45, 2.75) is 13.0 Å². The van der Waals surface area contributed by atoms with Crippen LogP contribution in [-0.4, -0.2) is 13.0 Å². The normalized spacial score (nSPS) is 12.2. The lowest BCUT2D eigenvalue weighted by Crippen LogP contribution is -2.24. The number of hydrogen-bond donors (Lipinski definition) is 1. The Morgan fingerprint density at radius 1 is 1.22 bits per heavy atom. The maximum atomic E-state index is 12.0. The summed E-state index contributed by atoms with van der Waals surface area (Å²) in [5, 5.41) is 3.97. The van der Waals surface area contributed by atoms with Gasteiger partial charge in [-0.25, -0.2) is 0 Å². The summed E-state index contributed by atoms with van der Waals surface area (Å²) < 4.78 is 5.15. The van der Waals surface area contributed by atoms with Gasteiger partial charge in [-0.3, -0.25) is 4.79 Å². The number of ether oxygens (including phenoxy) is 1. The van der Waals surface area contributed by atoms with Crippen molar-refractivity contribution in [3.05, 3.63) is 69.7 Å². The van der Waals surface area contributed by atoms with Crippen molar-refractivity contribution in [3.63, 3.8) is 0 Å². The number of halogens is 2. The average molecular weight is 350 g/mol. The number of amides is 1. The van der Waals surface area contributed by atoms with E-state index in [1.165, 1.54) is 6.08 Å². The van der Waals surface area contributed by atoms with Crippen molar-refractivity contribution in [3.8, 4) is 5.75 Å². The average Bonchev–Trinajstić information content (AvgIpc) is 2.53. The summed E-state index contributed by atoms with van der Waals surface area (Å²) in [7, 11) is 1.60. The second-order valence-corrected chi connectivity index (χ2v) is 5.85. The quantitative estimate of drug-likeness (QED) is 0.780. The first kappa shape index (κ1) is 17.4. The van der Waals surface area contributed by atoms with E-state index in [9.17, 15) is 4.79 Å². The fourth-order valence-corrected chi connectivity index (χ4v) is 2.68. The second-order valence-electron chi connectivity index (χ2n) is 5.01. The van der Waals surface area contributed by atoms with Gasteiger partial charge in [-0.2, -0.15) is 0 Å². The molecule has 0 spiro atoms. The van der Waals surface area contributed by atoms with Gasteiger partial charge in [0.1, 0.15) is 5.75 Å². The topological polar surface area (TPSA) is 38.3 Å². The van der Waals surface area contributed by atoms with Crippen molar-refractivity contribution in [1.29, 1.82) is 0 Å². The molecule has 2 aromatic rings. The highest BCUT2D eigenvalue weighted by molar-refractivity contribution is 6.35. The van der Waals surface area contributed by atoms with Gasteiger partial charge in [-0.1, -0.05) is 41.4 Å². The third-order valence-corrected chi connectivity index (χ3v) is 3.87. The molecule has 0 radical (unpaired) electrons. The van der Waals surface area contributed by atoms with Crippen molar-refractivity contribution in [2.24, 2.45) is 0 Å². The maximum absolute atomic E-state index is 12.0. The first-order valence-corrected chi connectivity index (χ1v) is 7.83. The van der Waals surface area contributed by atoms with Gasteiger partial charge in [0, 0.05) is 16.1 Å². The molecule has 1 atom stereocenters. The molecule has 23 heavy (non-hydrogen) atoms. The highest BCUT2D eigenvalue weighted by Gasteiger charge is 2.11. The lowest BCUT2D eigenvalue weighted by atomic mass is 10.1. The highest BCUT2D eigenvalue weighted by atomic mass is 35.5. The minimum Gasteiger partial charge on any atom is -0.497 e. The molecule has 0 fully saturated rings. The van der Waals surface area contributed by atoms with Crippen molar-refractivity contribution < 1.29 is 9.53 Å². The van der Waals surface area contributed by atoms with E-state index < -0.39 is 0 Å². The molecule has 0 saturated heterocycles. The number of methoxy groups -OCH3 is 1. The molecule has 120 valence electrons. The van der Waals surface area contributed by atoms with E-state index >= 15 is 0 Å². The highest BCUT2D eigenvalue weighted by Crippen LogP contribution is 2.26. The van der Waals surface area contributed by atoms with Crippen LogP contribution in [0.15, 0.2) is 48.5 Å². The van der Waals surface area contributed by atoms with Crippen molar-refractivity contribution in [2.75, 3.05) is 7.11 Å². The Balaban J connectivity index is 2.02. The van der Waals surface area contributed by atoms with Crippen molar-refractivity contribution >= 4 is 35.2 Å². The van der Waals surface area contributed by atoms with E-state index in [4.69, 9.17) is 27.9 Å². The van der Waals surface area contributed by atoms with Gasteiger partial charge >= 0.3 is 0 Å². The van der Waals surface area contributed by atoms with E-state index in [0.29, 0.717) is 10.0 Å². The van der Waals surface area contributed by atoms with Crippen LogP contribution in [0.3, 0.4) is 0 Å². The number of carbonyl (C=O) groups excluding carboxylic acids is 1. The molecule has 0 heterocycles. The lowest BCUT2D eigenvalue weighted by molar-refractivity contribution is -0.117. The summed E-state index contributed by atoms with van der Waals surface area (Å²) in [5.74, 6) is 0.542. The van der Waals surface area contributed by atoms with Gasteiger partial charge in [0.25, 0.3) is 0 Å². The van der Waals surface area contributed by atoms with Gasteiger partial charge in [-0.15, -0.1) is 0 Å². The fraction of sp³-hybridized carbons (Fsp3) is 0.167. The molecule has 0 saturated carbocycles. The largest absolute Gasteiger partial charge is 0.497 e. The molecule has 1 N–H and O–H groups in total. The molecule has 0 bridgehead atoms. The predicted octanol–water partition coefficient (Wildman–Crippen LogP) is 4.89. The van der Waals surface area contributed by atoms with Crippen LogP contribution in [0.2, 0.25) is 10.0 Å². The predicted molar refractivity (Wildman–Crippen MR) is 95.0 cm³/mol. The molecule has 2 rings (SSSR count). The molecule has 0 aliphatic heterocycles. The van der Waals surface area contributed by atoms with E-state index in [1.54, 1.807) is 31.4 Å². The van der Waals surface area contributed by atoms with Crippen LogP contribution in [0.5, 0.6) is 5.75 Å². The Bertz CT molecular complexity index is 729. The Labute approximate surface area is 145 Å². The minimum absolute atomic E-state index is 0.202. The molecule has 5 heteroatoms. The van der Waals surface area contributed by atoms with E-state index in [0.717, 1.165) is 16.9 Å². The van der Waals surface area contributed by atoms with E-state index in [1.807, 2.05) is 31.2 Å². The second kappa shape index (κ2) is 8.04. The Morgan fingerprint density at radius 2 is 2.00 bits per heavy atom. The van der Waals surface area contributed by atoms with Gasteiger partial charge in [0.2, 0.25) is 5.91 Å². The molecular formula is C18H17Cl2NO2. The number of nitrogens with one attached hydrogen (secondary N) is 1. The Morgan fingerprint density at radius 3 is 2.70 bits per heavy atom. The van der Waals surface area contributed by atoms with E-state index in [2.05, 4.69) is 5.32 Å². The van der Waals surface area contributed by atoms with Gasteiger partial charge < -0.3 is 10.1 Å². The van der Waals surface area contributed by atoms with Gasteiger partial charge in [0.15, 0.2) is 0 Å². The summed E-state index contributed by atoms with van der Waals surface area (Å²) in [6, 6.07) is 12.5.